The molecule has 2 aromatic carbocycles. The van der Waals surface area contributed by atoms with Crippen molar-refractivity contribution in [3.05, 3.63) is 59.9 Å². The summed E-state index contributed by atoms with van der Waals surface area (Å²) in [6.07, 6.45) is 2.24. The number of ether oxygens (including phenoxy) is 1. The number of amides is 2. The SMILES string of the molecule is CCCCc1ccc(N2C[C@H](C(=O)O[C@H](C)C(=O)Nc3ccc(F)cc3)CC2=O)cc1. The minimum Gasteiger partial charge on any atom is -0.452 e. The van der Waals surface area contributed by atoms with Gasteiger partial charge in [-0.3, -0.25) is 14.4 Å². The van der Waals surface area contributed by atoms with Crippen molar-refractivity contribution in [3.63, 3.8) is 0 Å². The molecular weight excluding hydrogens is 399 g/mol. The lowest BCUT2D eigenvalue weighted by Gasteiger charge is -2.18. The number of hydrogen-bond donors (Lipinski definition) is 1. The highest BCUT2D eigenvalue weighted by Gasteiger charge is 2.37. The number of halogens is 1. The Labute approximate surface area is 181 Å². The van der Waals surface area contributed by atoms with Gasteiger partial charge < -0.3 is 15.0 Å². The largest absolute Gasteiger partial charge is 0.452 e. The highest BCUT2D eigenvalue weighted by atomic mass is 19.1. The molecule has 2 amide bonds. The van der Waals surface area contributed by atoms with E-state index in [-0.39, 0.29) is 18.9 Å². The first kappa shape index (κ1) is 22.5. The van der Waals surface area contributed by atoms with Gasteiger partial charge in [0.25, 0.3) is 5.91 Å². The monoisotopic (exact) mass is 426 g/mol. The Kier molecular flexibility index (Phi) is 7.39. The molecule has 1 aliphatic heterocycles. The Morgan fingerprint density at radius 3 is 2.48 bits per heavy atom. The molecule has 1 heterocycles. The third-order valence-electron chi connectivity index (χ3n) is 5.30. The van der Waals surface area contributed by atoms with E-state index in [1.807, 2.05) is 24.3 Å². The van der Waals surface area contributed by atoms with Crippen molar-refractivity contribution in [2.24, 2.45) is 5.92 Å². The van der Waals surface area contributed by atoms with Gasteiger partial charge in [-0.15, -0.1) is 0 Å². The average molecular weight is 426 g/mol. The lowest BCUT2D eigenvalue weighted by atomic mass is 10.1. The van der Waals surface area contributed by atoms with Crippen LogP contribution in [0.4, 0.5) is 15.8 Å². The molecule has 2 aromatic rings. The summed E-state index contributed by atoms with van der Waals surface area (Å²) in [4.78, 5) is 38.8. The Balaban J connectivity index is 1.54. The summed E-state index contributed by atoms with van der Waals surface area (Å²) < 4.78 is 18.3. The second-order valence-electron chi connectivity index (χ2n) is 7.75. The topological polar surface area (TPSA) is 75.7 Å². The van der Waals surface area contributed by atoms with Crippen LogP contribution in [-0.2, 0) is 25.5 Å². The van der Waals surface area contributed by atoms with E-state index in [4.69, 9.17) is 4.74 Å². The number of hydrogen-bond acceptors (Lipinski definition) is 4. The van der Waals surface area contributed by atoms with Crippen LogP contribution in [0.2, 0.25) is 0 Å². The Hall–Kier alpha value is -3.22. The van der Waals surface area contributed by atoms with E-state index in [9.17, 15) is 18.8 Å². The first-order valence-corrected chi connectivity index (χ1v) is 10.5. The summed E-state index contributed by atoms with van der Waals surface area (Å²) in [6.45, 7) is 3.82. The van der Waals surface area contributed by atoms with Crippen LogP contribution in [0.1, 0.15) is 38.7 Å². The number of carbonyl (C=O) groups is 3. The van der Waals surface area contributed by atoms with Crippen molar-refractivity contribution in [2.75, 3.05) is 16.8 Å². The zero-order chi connectivity index (χ0) is 22.4. The smallest absolute Gasteiger partial charge is 0.312 e. The summed E-state index contributed by atoms with van der Waals surface area (Å²) in [7, 11) is 0. The highest BCUT2D eigenvalue weighted by molar-refractivity contribution is 6.00. The van der Waals surface area contributed by atoms with Crippen molar-refractivity contribution in [3.8, 4) is 0 Å². The Morgan fingerprint density at radius 1 is 1.16 bits per heavy atom. The van der Waals surface area contributed by atoms with Crippen LogP contribution < -0.4 is 10.2 Å². The van der Waals surface area contributed by atoms with Crippen LogP contribution in [0.15, 0.2) is 48.5 Å². The number of nitrogens with zero attached hydrogens (tertiary/aromatic N) is 1. The number of rotatable bonds is 8. The number of nitrogens with one attached hydrogen (secondary N) is 1. The molecule has 7 heteroatoms. The predicted molar refractivity (Wildman–Crippen MR) is 116 cm³/mol. The van der Waals surface area contributed by atoms with Crippen LogP contribution in [0, 0.1) is 11.7 Å². The van der Waals surface area contributed by atoms with Crippen molar-refractivity contribution in [1.29, 1.82) is 0 Å². The van der Waals surface area contributed by atoms with Gasteiger partial charge in [-0.2, -0.15) is 0 Å². The van der Waals surface area contributed by atoms with E-state index in [0.29, 0.717) is 5.69 Å². The van der Waals surface area contributed by atoms with Gasteiger partial charge in [-0.25, -0.2) is 4.39 Å². The van der Waals surface area contributed by atoms with Gasteiger partial charge in [-0.1, -0.05) is 25.5 Å². The fourth-order valence-electron chi connectivity index (χ4n) is 3.44. The van der Waals surface area contributed by atoms with Crippen molar-refractivity contribution in [1.82, 2.24) is 0 Å². The summed E-state index contributed by atoms with van der Waals surface area (Å²) >= 11 is 0. The molecule has 6 nitrogen and oxygen atoms in total. The molecule has 1 saturated heterocycles. The molecule has 1 fully saturated rings. The molecule has 2 atom stereocenters. The van der Waals surface area contributed by atoms with E-state index in [1.165, 1.54) is 36.8 Å². The zero-order valence-corrected chi connectivity index (χ0v) is 17.8. The van der Waals surface area contributed by atoms with E-state index < -0.39 is 29.7 Å². The van der Waals surface area contributed by atoms with Gasteiger partial charge in [0.15, 0.2) is 6.10 Å². The highest BCUT2D eigenvalue weighted by Crippen LogP contribution is 2.27. The first-order chi connectivity index (χ1) is 14.9. The number of aryl methyl sites for hydroxylation is 1. The van der Waals surface area contributed by atoms with E-state index in [0.717, 1.165) is 24.9 Å². The molecule has 0 aliphatic carbocycles. The van der Waals surface area contributed by atoms with Gasteiger partial charge in [-0.05, 0) is 61.7 Å². The second-order valence-corrected chi connectivity index (χ2v) is 7.75. The molecule has 31 heavy (non-hydrogen) atoms. The molecule has 0 unspecified atom stereocenters. The quantitative estimate of drug-likeness (QED) is 0.645. The molecule has 0 saturated carbocycles. The van der Waals surface area contributed by atoms with Gasteiger partial charge >= 0.3 is 5.97 Å². The lowest BCUT2D eigenvalue weighted by Crippen LogP contribution is -2.33. The van der Waals surface area contributed by atoms with E-state index >= 15 is 0 Å². The second kappa shape index (κ2) is 10.2. The summed E-state index contributed by atoms with van der Waals surface area (Å²) in [6, 6.07) is 13.1. The maximum absolute atomic E-state index is 13.0. The summed E-state index contributed by atoms with van der Waals surface area (Å²) in [5.74, 6) is -2.30. The minimum atomic E-state index is -1.04. The van der Waals surface area contributed by atoms with Crippen LogP contribution in [0.3, 0.4) is 0 Å². The number of esters is 1. The number of carbonyl (C=O) groups excluding carboxylic acids is 3. The summed E-state index contributed by atoms with van der Waals surface area (Å²) in [5.41, 5.74) is 2.37. The average Bonchev–Trinajstić information content (AvgIpc) is 3.16. The normalized spacial score (nSPS) is 16.8. The number of benzene rings is 2. The Morgan fingerprint density at radius 2 is 1.84 bits per heavy atom. The van der Waals surface area contributed by atoms with Crippen molar-refractivity contribution < 1.29 is 23.5 Å². The van der Waals surface area contributed by atoms with Gasteiger partial charge in [0.05, 0.1) is 5.92 Å². The van der Waals surface area contributed by atoms with Crippen LogP contribution in [-0.4, -0.2) is 30.4 Å². The standard InChI is InChI=1S/C24H27FN2O4/c1-3-4-5-17-6-12-21(13-7-17)27-15-18(14-22(27)28)24(30)31-16(2)23(29)26-20-10-8-19(25)9-11-20/h6-13,16,18H,3-5,14-15H2,1-2H3,(H,26,29)/t16-,18-/m1/s1. The first-order valence-electron chi connectivity index (χ1n) is 10.5. The van der Waals surface area contributed by atoms with E-state index in [2.05, 4.69) is 12.2 Å². The molecule has 0 spiro atoms. The van der Waals surface area contributed by atoms with Gasteiger partial charge in [0.1, 0.15) is 5.82 Å². The number of anilines is 2. The third kappa shape index (κ3) is 5.90. The molecule has 0 aromatic heterocycles. The molecule has 3 rings (SSSR count). The molecule has 1 N–H and O–H groups in total. The molecule has 0 radical (unpaired) electrons. The Bertz CT molecular complexity index is 928. The fourth-order valence-corrected chi connectivity index (χ4v) is 3.44. The predicted octanol–water partition coefficient (Wildman–Crippen LogP) is 4.09. The van der Waals surface area contributed by atoms with Crippen LogP contribution in [0.25, 0.3) is 0 Å². The fraction of sp³-hybridized carbons (Fsp3) is 0.375. The molecule has 0 bridgehead atoms. The summed E-state index contributed by atoms with van der Waals surface area (Å²) in [5, 5.41) is 2.57. The maximum atomic E-state index is 13.0. The van der Waals surface area contributed by atoms with E-state index in [1.54, 1.807) is 4.90 Å². The molecular formula is C24H27FN2O4. The van der Waals surface area contributed by atoms with Crippen LogP contribution >= 0.6 is 0 Å². The van der Waals surface area contributed by atoms with Crippen molar-refractivity contribution >= 4 is 29.2 Å². The van der Waals surface area contributed by atoms with Crippen molar-refractivity contribution in [2.45, 2.75) is 45.6 Å². The maximum Gasteiger partial charge on any atom is 0.312 e. The third-order valence-corrected chi connectivity index (χ3v) is 5.30. The number of unbranched alkanes of at least 4 members (excludes halogenated alkanes) is 1. The van der Waals surface area contributed by atoms with Crippen LogP contribution in [0.5, 0.6) is 0 Å². The van der Waals surface area contributed by atoms with Gasteiger partial charge in [0, 0.05) is 24.3 Å². The van der Waals surface area contributed by atoms with Gasteiger partial charge in [0.2, 0.25) is 5.91 Å². The lowest BCUT2D eigenvalue weighted by molar-refractivity contribution is -0.157. The minimum absolute atomic E-state index is 0.0444. The molecule has 1 aliphatic rings. The molecule has 164 valence electrons. The zero-order valence-electron chi connectivity index (χ0n) is 17.8.